The Bertz CT molecular complexity index is 545. The molecule has 1 aromatic rings. The number of nitrogens with two attached hydrogens (primary N) is 1. The van der Waals surface area contributed by atoms with E-state index in [-0.39, 0.29) is 18.3 Å². The molecule has 0 aliphatic carbocycles. The molecule has 0 spiro atoms. The first-order chi connectivity index (χ1) is 11.5. The van der Waals surface area contributed by atoms with Gasteiger partial charge in [-0.25, -0.2) is 0 Å². The maximum atomic E-state index is 13.1. The molecule has 0 saturated heterocycles. The van der Waals surface area contributed by atoms with Gasteiger partial charge in [0.2, 0.25) is 5.91 Å². The molecular formula is C19H31ClN2O3. The molecule has 0 saturated carbocycles. The first-order valence-corrected chi connectivity index (χ1v) is 8.78. The number of hydrogen-bond acceptors (Lipinski definition) is 4. The van der Waals surface area contributed by atoms with Gasteiger partial charge in [0, 0.05) is 19.6 Å². The predicted molar refractivity (Wildman–Crippen MR) is 103 cm³/mol. The second-order valence-corrected chi connectivity index (χ2v) is 6.46. The van der Waals surface area contributed by atoms with E-state index in [9.17, 15) is 4.79 Å². The lowest BCUT2D eigenvalue weighted by molar-refractivity contribution is -0.142. The van der Waals surface area contributed by atoms with Gasteiger partial charge in [0.25, 0.3) is 0 Å². The zero-order valence-electron chi connectivity index (χ0n) is 15.8. The number of carbonyl (C=O) groups is 1. The normalized spacial score (nSPS) is 14.2. The highest BCUT2D eigenvalue weighted by Gasteiger charge is 2.37. The van der Waals surface area contributed by atoms with Gasteiger partial charge in [-0.05, 0) is 48.9 Å². The summed E-state index contributed by atoms with van der Waals surface area (Å²) in [5.74, 6) is 1.69. The molecule has 0 unspecified atom stereocenters. The average Bonchev–Trinajstić information content (AvgIpc) is 2.84. The van der Waals surface area contributed by atoms with Crippen LogP contribution in [0.2, 0.25) is 0 Å². The quantitative estimate of drug-likeness (QED) is 0.836. The number of halogens is 1. The van der Waals surface area contributed by atoms with Crippen LogP contribution in [0, 0.1) is 5.41 Å². The molecule has 1 heterocycles. The average molecular weight is 371 g/mol. The second kappa shape index (κ2) is 9.30. The van der Waals surface area contributed by atoms with Gasteiger partial charge in [0.1, 0.15) is 0 Å². The summed E-state index contributed by atoms with van der Waals surface area (Å²) in [7, 11) is 3.30. The number of carbonyl (C=O) groups excluding carboxylic acids is 1. The number of rotatable bonds is 6. The molecule has 0 fully saturated rings. The van der Waals surface area contributed by atoms with Crippen LogP contribution in [-0.4, -0.2) is 44.7 Å². The minimum absolute atomic E-state index is 0. The predicted octanol–water partition coefficient (Wildman–Crippen LogP) is 2.82. The van der Waals surface area contributed by atoms with E-state index in [1.807, 2.05) is 17.0 Å². The molecule has 2 N–H and O–H groups in total. The SMILES string of the molecule is CCC(CC)(CN)C(=O)N1CCc2cc(OC)c(OC)cc2CC1.Cl. The lowest BCUT2D eigenvalue weighted by Gasteiger charge is -2.34. The molecule has 6 heteroatoms. The van der Waals surface area contributed by atoms with Gasteiger partial charge in [-0.2, -0.15) is 0 Å². The Morgan fingerprint density at radius 3 is 1.84 bits per heavy atom. The Hall–Kier alpha value is -1.46. The Labute approximate surface area is 157 Å². The standard InChI is InChI=1S/C19H30N2O3.ClH/c1-5-19(6-2,13-20)18(22)21-9-7-14-11-16(23-3)17(24-4)12-15(14)8-10-21;/h11-12H,5-10,13,20H2,1-4H3;1H. The van der Waals surface area contributed by atoms with Crippen molar-refractivity contribution in [3.05, 3.63) is 23.3 Å². The molecule has 0 radical (unpaired) electrons. The highest BCUT2D eigenvalue weighted by atomic mass is 35.5. The van der Waals surface area contributed by atoms with E-state index in [0.717, 1.165) is 50.3 Å². The number of benzene rings is 1. The van der Waals surface area contributed by atoms with Crippen LogP contribution in [0.5, 0.6) is 11.5 Å². The minimum Gasteiger partial charge on any atom is -0.493 e. The highest BCUT2D eigenvalue weighted by Crippen LogP contribution is 2.33. The summed E-state index contributed by atoms with van der Waals surface area (Å²) in [6.07, 6.45) is 3.22. The number of nitrogens with zero attached hydrogens (tertiary/aromatic N) is 1. The minimum atomic E-state index is -0.425. The van der Waals surface area contributed by atoms with Crippen molar-refractivity contribution in [1.82, 2.24) is 4.90 Å². The van der Waals surface area contributed by atoms with Crippen LogP contribution in [0.15, 0.2) is 12.1 Å². The third kappa shape index (κ3) is 4.21. The molecule has 5 nitrogen and oxygen atoms in total. The summed E-state index contributed by atoms with van der Waals surface area (Å²) in [5, 5.41) is 0. The van der Waals surface area contributed by atoms with E-state index in [0.29, 0.717) is 6.54 Å². The molecule has 1 aromatic carbocycles. The first-order valence-electron chi connectivity index (χ1n) is 8.78. The van der Waals surface area contributed by atoms with Gasteiger partial charge in [0.15, 0.2) is 11.5 Å². The number of fused-ring (bicyclic) bond motifs is 1. The van der Waals surface area contributed by atoms with Crippen molar-refractivity contribution in [2.24, 2.45) is 11.1 Å². The van der Waals surface area contributed by atoms with Gasteiger partial charge in [-0.3, -0.25) is 4.79 Å². The molecular weight excluding hydrogens is 340 g/mol. The second-order valence-electron chi connectivity index (χ2n) is 6.46. The summed E-state index contributed by atoms with van der Waals surface area (Å²) in [4.78, 5) is 15.0. The van der Waals surface area contributed by atoms with E-state index in [1.54, 1.807) is 14.2 Å². The number of ether oxygens (including phenoxy) is 2. The molecule has 25 heavy (non-hydrogen) atoms. The summed E-state index contributed by atoms with van der Waals surface area (Å²) in [6.45, 7) is 5.96. The van der Waals surface area contributed by atoms with E-state index < -0.39 is 5.41 Å². The zero-order valence-corrected chi connectivity index (χ0v) is 16.6. The fourth-order valence-corrected chi connectivity index (χ4v) is 3.52. The molecule has 0 bridgehead atoms. The third-order valence-corrected chi connectivity index (χ3v) is 5.49. The van der Waals surface area contributed by atoms with Crippen LogP contribution in [0.1, 0.15) is 37.8 Å². The number of hydrogen-bond donors (Lipinski definition) is 1. The maximum Gasteiger partial charge on any atom is 0.230 e. The van der Waals surface area contributed by atoms with Crippen molar-refractivity contribution < 1.29 is 14.3 Å². The van der Waals surface area contributed by atoms with Crippen LogP contribution in [-0.2, 0) is 17.6 Å². The Morgan fingerprint density at radius 1 is 1.08 bits per heavy atom. The Morgan fingerprint density at radius 2 is 1.52 bits per heavy atom. The van der Waals surface area contributed by atoms with Crippen molar-refractivity contribution >= 4 is 18.3 Å². The van der Waals surface area contributed by atoms with Crippen molar-refractivity contribution in [1.29, 1.82) is 0 Å². The Kier molecular flexibility index (Phi) is 8.03. The van der Waals surface area contributed by atoms with E-state index in [1.165, 1.54) is 11.1 Å². The summed E-state index contributed by atoms with van der Waals surface area (Å²) >= 11 is 0. The van der Waals surface area contributed by atoms with Crippen LogP contribution in [0.25, 0.3) is 0 Å². The van der Waals surface area contributed by atoms with Gasteiger partial charge in [-0.1, -0.05) is 13.8 Å². The lowest BCUT2D eigenvalue weighted by atomic mass is 9.81. The third-order valence-electron chi connectivity index (χ3n) is 5.49. The highest BCUT2D eigenvalue weighted by molar-refractivity contribution is 5.85. The summed E-state index contributed by atoms with van der Waals surface area (Å²) in [5.41, 5.74) is 7.99. The van der Waals surface area contributed by atoms with Crippen molar-refractivity contribution in [3.8, 4) is 11.5 Å². The van der Waals surface area contributed by atoms with Crippen molar-refractivity contribution in [2.45, 2.75) is 39.5 Å². The largest absolute Gasteiger partial charge is 0.493 e. The van der Waals surface area contributed by atoms with Crippen LogP contribution in [0.3, 0.4) is 0 Å². The van der Waals surface area contributed by atoms with Crippen LogP contribution < -0.4 is 15.2 Å². The van der Waals surface area contributed by atoms with Crippen molar-refractivity contribution in [3.63, 3.8) is 0 Å². The molecule has 1 aliphatic rings. The molecule has 1 amide bonds. The Balaban J connectivity index is 0.00000312. The smallest absolute Gasteiger partial charge is 0.230 e. The van der Waals surface area contributed by atoms with Gasteiger partial charge >= 0.3 is 0 Å². The van der Waals surface area contributed by atoms with Gasteiger partial charge < -0.3 is 20.1 Å². The lowest BCUT2D eigenvalue weighted by Crippen LogP contribution is -2.48. The van der Waals surface area contributed by atoms with Gasteiger partial charge in [-0.15, -0.1) is 12.4 Å². The molecule has 2 rings (SSSR count). The zero-order chi connectivity index (χ0) is 17.7. The number of amides is 1. The fourth-order valence-electron chi connectivity index (χ4n) is 3.52. The van der Waals surface area contributed by atoms with E-state index in [2.05, 4.69) is 13.8 Å². The van der Waals surface area contributed by atoms with Gasteiger partial charge in [0.05, 0.1) is 19.6 Å². The van der Waals surface area contributed by atoms with E-state index >= 15 is 0 Å². The first kappa shape index (κ1) is 21.6. The molecule has 1 aliphatic heterocycles. The number of methoxy groups -OCH3 is 2. The fraction of sp³-hybridized carbons (Fsp3) is 0.632. The van der Waals surface area contributed by atoms with E-state index in [4.69, 9.17) is 15.2 Å². The van der Waals surface area contributed by atoms with Crippen LogP contribution >= 0.6 is 12.4 Å². The van der Waals surface area contributed by atoms with Crippen LogP contribution in [0.4, 0.5) is 0 Å². The topological polar surface area (TPSA) is 64.8 Å². The maximum absolute atomic E-state index is 13.1. The molecule has 0 atom stereocenters. The van der Waals surface area contributed by atoms with Crippen molar-refractivity contribution in [2.75, 3.05) is 33.9 Å². The summed E-state index contributed by atoms with van der Waals surface area (Å²) in [6, 6.07) is 4.08. The molecule has 0 aromatic heterocycles. The monoisotopic (exact) mass is 370 g/mol. The summed E-state index contributed by atoms with van der Waals surface area (Å²) < 4.78 is 10.8. The molecule has 142 valence electrons.